The molecule has 0 bridgehead atoms. The molecule has 184 valence electrons. The molecule has 3 rings (SSSR count). The van der Waals surface area contributed by atoms with Crippen LogP contribution in [0.1, 0.15) is 24.5 Å². The fourth-order valence-corrected chi connectivity index (χ4v) is 4.59. The van der Waals surface area contributed by atoms with Gasteiger partial charge in [-0.1, -0.05) is 0 Å². The number of hydrogen-bond donors (Lipinski definition) is 1. The summed E-state index contributed by atoms with van der Waals surface area (Å²) in [5, 5.41) is 28.7. The number of nitro benzene ring substituents is 1. The van der Waals surface area contributed by atoms with Crippen LogP contribution in [0, 0.1) is 21.4 Å². The number of nitrogens with zero attached hydrogens (tertiary/aromatic N) is 7. The molecule has 0 spiro atoms. The molecule has 0 saturated carbocycles. The van der Waals surface area contributed by atoms with Crippen LogP contribution in [0.15, 0.2) is 52.7 Å². The molecule has 0 radical (unpaired) electrons. The van der Waals surface area contributed by atoms with Crippen LogP contribution in [0.2, 0.25) is 0 Å². The smallest absolute Gasteiger partial charge is 0.278 e. The second kappa shape index (κ2) is 10.5. The summed E-state index contributed by atoms with van der Waals surface area (Å²) in [5.74, 6) is 0. The molecule has 0 atom stereocenters. The molecule has 35 heavy (non-hydrogen) atoms. The van der Waals surface area contributed by atoms with Crippen LogP contribution in [0.4, 0.5) is 11.4 Å². The number of benzene rings is 1. The van der Waals surface area contributed by atoms with Crippen molar-refractivity contribution in [3.63, 3.8) is 0 Å². The van der Waals surface area contributed by atoms with E-state index in [0.717, 1.165) is 19.0 Å². The van der Waals surface area contributed by atoms with Crippen LogP contribution >= 0.6 is 0 Å². The second-order valence-electron chi connectivity index (χ2n) is 8.19. The molecule has 0 aliphatic carbocycles. The number of aromatic nitrogens is 2. The zero-order valence-corrected chi connectivity index (χ0v) is 20.7. The average molecular weight is 499 g/mol. The number of fused-ring (bicyclic) bond motifs is 1. The molecule has 0 saturated heterocycles. The quantitative estimate of drug-likeness (QED) is 0.254. The second-order valence-corrected chi connectivity index (χ2v) is 9.82. The molecule has 0 unspecified atom stereocenters. The summed E-state index contributed by atoms with van der Waals surface area (Å²) < 4.78 is 28.0. The monoisotopic (exact) mass is 498 g/mol. The Bertz CT molecular complexity index is 1420. The van der Waals surface area contributed by atoms with Gasteiger partial charge in [0.05, 0.1) is 39.7 Å². The summed E-state index contributed by atoms with van der Waals surface area (Å²) in [6.45, 7) is 2.94. The zero-order chi connectivity index (χ0) is 25.8. The van der Waals surface area contributed by atoms with Crippen molar-refractivity contribution in [3.8, 4) is 6.07 Å². The topological polar surface area (TPSA) is 149 Å². The fourth-order valence-electron chi connectivity index (χ4n) is 3.46. The molecule has 0 aliphatic rings. The van der Waals surface area contributed by atoms with Gasteiger partial charge in [-0.25, -0.2) is 4.52 Å². The Morgan fingerprint density at radius 3 is 2.66 bits per heavy atom. The maximum absolute atomic E-state index is 13.2. The van der Waals surface area contributed by atoms with Gasteiger partial charge < -0.3 is 9.80 Å². The van der Waals surface area contributed by atoms with Gasteiger partial charge >= 0.3 is 0 Å². The van der Waals surface area contributed by atoms with Crippen LogP contribution in [-0.4, -0.2) is 67.8 Å². The molecule has 0 aliphatic heterocycles. The van der Waals surface area contributed by atoms with Gasteiger partial charge in [-0.05, 0) is 52.2 Å². The van der Waals surface area contributed by atoms with E-state index >= 15 is 0 Å². The lowest BCUT2D eigenvalue weighted by Gasteiger charge is -2.23. The van der Waals surface area contributed by atoms with Gasteiger partial charge in [-0.15, -0.1) is 0 Å². The number of nitrogens with one attached hydrogen (secondary N) is 1. The molecular weight excluding hydrogens is 472 g/mol. The first-order valence-corrected chi connectivity index (χ1v) is 12.1. The number of nitro groups is 1. The van der Waals surface area contributed by atoms with Crippen molar-refractivity contribution >= 4 is 32.6 Å². The highest BCUT2D eigenvalue weighted by atomic mass is 32.2. The van der Waals surface area contributed by atoms with Gasteiger partial charge in [-0.2, -0.15) is 28.7 Å². The summed E-state index contributed by atoms with van der Waals surface area (Å²) in [4.78, 5) is 16.4. The molecular formula is C22H26N8O4S. The lowest BCUT2D eigenvalue weighted by atomic mass is 10.1. The molecule has 2 heterocycles. The van der Waals surface area contributed by atoms with Crippen LogP contribution < -0.4 is 9.73 Å². The third kappa shape index (κ3) is 5.92. The van der Waals surface area contributed by atoms with Crippen LogP contribution in [0.5, 0.6) is 0 Å². The zero-order valence-electron chi connectivity index (χ0n) is 19.8. The fraction of sp³-hybridized carbons (Fsp3) is 0.318. The van der Waals surface area contributed by atoms with Crippen LogP contribution in [-0.2, 0) is 10.0 Å². The van der Waals surface area contributed by atoms with E-state index in [2.05, 4.69) is 15.0 Å². The predicted molar refractivity (Wildman–Crippen MR) is 132 cm³/mol. The molecule has 1 N–H and O–H groups in total. The highest BCUT2D eigenvalue weighted by Crippen LogP contribution is 2.29. The molecule has 1 aromatic carbocycles. The number of non-ortho nitro benzene ring substituents is 1. The number of hydrazone groups is 1. The van der Waals surface area contributed by atoms with Gasteiger partial charge in [-0.3, -0.25) is 10.1 Å². The lowest BCUT2D eigenvalue weighted by molar-refractivity contribution is -0.385. The molecule has 13 heteroatoms. The Hall–Kier alpha value is -4.02. The molecule has 3 aromatic rings. The maximum Gasteiger partial charge on any atom is 0.278 e. The SMILES string of the molecule is C/C(=N\NS(=O)(=O)c1cc([N+](=O)[O-])ccc1N(C)CCCN(C)C)c1cnn2ccc(C#N)cc12. The van der Waals surface area contributed by atoms with Gasteiger partial charge in [0.15, 0.2) is 0 Å². The van der Waals surface area contributed by atoms with Gasteiger partial charge in [0.1, 0.15) is 4.90 Å². The van der Waals surface area contributed by atoms with E-state index in [0.29, 0.717) is 34.6 Å². The summed E-state index contributed by atoms with van der Waals surface area (Å²) in [6, 6.07) is 9.01. The minimum atomic E-state index is -4.26. The Balaban J connectivity index is 1.94. The Morgan fingerprint density at radius 2 is 2.00 bits per heavy atom. The number of hydrogen-bond acceptors (Lipinski definition) is 9. The highest BCUT2D eigenvalue weighted by molar-refractivity contribution is 7.89. The number of nitriles is 1. The van der Waals surface area contributed by atoms with Crippen LogP contribution in [0.25, 0.3) is 5.52 Å². The summed E-state index contributed by atoms with van der Waals surface area (Å²) >= 11 is 0. The van der Waals surface area contributed by atoms with Gasteiger partial charge in [0.25, 0.3) is 15.7 Å². The number of anilines is 1. The van der Waals surface area contributed by atoms with E-state index in [1.165, 1.54) is 18.3 Å². The third-order valence-electron chi connectivity index (χ3n) is 5.33. The van der Waals surface area contributed by atoms with Gasteiger partial charge in [0.2, 0.25) is 0 Å². The summed E-state index contributed by atoms with van der Waals surface area (Å²) in [7, 11) is 1.36. The van der Waals surface area contributed by atoms with Crippen molar-refractivity contribution in [1.82, 2.24) is 19.3 Å². The predicted octanol–water partition coefficient (Wildman–Crippen LogP) is 2.20. The van der Waals surface area contributed by atoms with E-state index in [1.807, 2.05) is 25.1 Å². The first kappa shape index (κ1) is 25.6. The van der Waals surface area contributed by atoms with Crippen molar-refractivity contribution in [3.05, 3.63) is 64.0 Å². The number of pyridine rings is 1. The number of rotatable bonds is 10. The van der Waals surface area contributed by atoms with E-state index < -0.39 is 14.9 Å². The Labute approximate surface area is 203 Å². The largest absolute Gasteiger partial charge is 0.373 e. The van der Waals surface area contributed by atoms with E-state index in [4.69, 9.17) is 5.26 Å². The van der Waals surface area contributed by atoms with Crippen molar-refractivity contribution in [2.75, 3.05) is 39.1 Å². The minimum absolute atomic E-state index is 0.248. The molecule has 0 fully saturated rings. The van der Waals surface area contributed by atoms with E-state index in [1.54, 1.807) is 41.7 Å². The lowest BCUT2D eigenvalue weighted by Crippen LogP contribution is -2.27. The Kier molecular flexibility index (Phi) is 7.68. The first-order chi connectivity index (χ1) is 16.5. The normalized spacial score (nSPS) is 12.1. The van der Waals surface area contributed by atoms with E-state index in [-0.39, 0.29) is 10.6 Å². The highest BCUT2D eigenvalue weighted by Gasteiger charge is 2.24. The minimum Gasteiger partial charge on any atom is -0.373 e. The van der Waals surface area contributed by atoms with Crippen molar-refractivity contribution < 1.29 is 13.3 Å². The maximum atomic E-state index is 13.2. The van der Waals surface area contributed by atoms with E-state index in [9.17, 15) is 18.5 Å². The van der Waals surface area contributed by atoms with Gasteiger partial charge in [0, 0.05) is 37.5 Å². The standard InChI is InChI=1S/C22H26N8O4S/c1-16(19-15-24-29-11-8-17(14-23)12-21(19)29)25-26-35(33,34)22-13-18(30(31)32)6-7-20(22)28(4)10-5-9-27(2)3/h6-8,11-13,15,26H,5,9-10H2,1-4H3/b25-16+. The van der Waals surface area contributed by atoms with Crippen molar-refractivity contribution in [2.45, 2.75) is 18.2 Å². The Morgan fingerprint density at radius 1 is 1.26 bits per heavy atom. The molecule has 12 nitrogen and oxygen atoms in total. The third-order valence-corrected chi connectivity index (χ3v) is 6.57. The first-order valence-electron chi connectivity index (χ1n) is 10.6. The van der Waals surface area contributed by atoms with Crippen molar-refractivity contribution in [2.24, 2.45) is 5.10 Å². The average Bonchev–Trinajstić information content (AvgIpc) is 3.25. The van der Waals surface area contributed by atoms with Crippen LogP contribution in [0.3, 0.4) is 0 Å². The molecule has 2 aromatic heterocycles. The summed E-state index contributed by atoms with van der Waals surface area (Å²) in [5.41, 5.74) is 1.83. The summed E-state index contributed by atoms with van der Waals surface area (Å²) in [6.07, 6.45) is 3.90. The number of sulfonamides is 1. The molecule has 0 amide bonds. The van der Waals surface area contributed by atoms with Crippen molar-refractivity contribution in [1.29, 1.82) is 5.26 Å².